The summed E-state index contributed by atoms with van der Waals surface area (Å²) in [7, 11) is 0. The van der Waals surface area contributed by atoms with E-state index in [0.29, 0.717) is 5.56 Å². The molecule has 76 valence electrons. The first-order valence-corrected chi connectivity index (χ1v) is 3.84. The summed E-state index contributed by atoms with van der Waals surface area (Å²) < 4.78 is 0. The first-order chi connectivity index (χ1) is 5.74. The molecule has 0 aromatic heterocycles. The molecule has 0 aliphatic heterocycles. The second-order valence-electron chi connectivity index (χ2n) is 2.31. The van der Waals surface area contributed by atoms with Gasteiger partial charge in [-0.3, -0.25) is 4.79 Å². The van der Waals surface area contributed by atoms with Gasteiger partial charge in [0.05, 0.1) is 10.8 Å². The first-order valence-electron chi connectivity index (χ1n) is 3.43. The molecule has 0 atom stereocenters. The maximum atomic E-state index is 10.8. The molecule has 0 N–H and O–H groups in total. The number of hydrogen-bond acceptors (Lipinski definition) is 3. The van der Waals surface area contributed by atoms with Gasteiger partial charge in [0.25, 0.3) is 0 Å². The summed E-state index contributed by atoms with van der Waals surface area (Å²) in [4.78, 5) is 14.6. The van der Waals surface area contributed by atoms with Crippen molar-refractivity contribution in [1.29, 1.82) is 0 Å². The molecule has 0 heterocycles. The lowest BCUT2D eigenvalue weighted by Gasteiger charge is -1.93. The summed E-state index contributed by atoms with van der Waals surface area (Å²) in [6.07, 6.45) is 0. The van der Waals surface area contributed by atoms with Crippen molar-refractivity contribution >= 4 is 53.7 Å². The van der Waals surface area contributed by atoms with E-state index in [0.717, 1.165) is 5.69 Å². The fourth-order valence-corrected chi connectivity index (χ4v) is 0.929. The number of rotatable bonds is 2. The smallest absolute Gasteiger partial charge is 0.159 e. The van der Waals surface area contributed by atoms with Crippen LogP contribution in [0.3, 0.4) is 0 Å². The van der Waals surface area contributed by atoms with Gasteiger partial charge in [-0.25, -0.2) is 0 Å². The highest BCUT2D eigenvalue weighted by Crippen LogP contribution is 2.12. The minimum Gasteiger partial charge on any atom is -0.295 e. The highest BCUT2D eigenvalue weighted by Gasteiger charge is 1.96. The third-order valence-corrected chi connectivity index (χ3v) is 1.54. The van der Waals surface area contributed by atoms with E-state index in [2.05, 4.69) is 22.4 Å². The van der Waals surface area contributed by atoms with Gasteiger partial charge < -0.3 is 0 Å². The van der Waals surface area contributed by atoms with Crippen LogP contribution in [0.25, 0.3) is 0 Å². The summed E-state index contributed by atoms with van der Waals surface area (Å²) in [5.41, 5.74) is 1.40. The van der Waals surface area contributed by atoms with Crippen molar-refractivity contribution in [3.05, 3.63) is 29.8 Å². The molecule has 0 aliphatic rings. The molecule has 1 rings (SSSR count). The Morgan fingerprint density at radius 3 is 2.14 bits per heavy atom. The molecule has 0 aliphatic carbocycles. The van der Waals surface area contributed by atoms with Crippen LogP contribution in [0, 0.1) is 0 Å². The summed E-state index contributed by atoms with van der Waals surface area (Å²) in [6, 6.07) is 6.90. The number of halogens is 2. The van der Waals surface area contributed by atoms with E-state index in [4.69, 9.17) is 0 Å². The van der Waals surface area contributed by atoms with Crippen LogP contribution in [0.15, 0.2) is 29.3 Å². The van der Waals surface area contributed by atoms with Crippen LogP contribution in [-0.4, -0.2) is 10.9 Å². The van der Waals surface area contributed by atoms with Crippen LogP contribution in [0.4, 0.5) is 5.69 Å². The quantitative estimate of drug-likeness (QED) is 0.457. The number of aliphatic imine (C=N–C) groups is 1. The Hall–Kier alpha value is -0.730. The molecule has 1 aromatic rings. The zero-order valence-corrected chi connectivity index (χ0v) is 9.84. The molecule has 0 amide bonds. The van der Waals surface area contributed by atoms with E-state index < -0.39 is 0 Å². The Morgan fingerprint density at radius 1 is 1.29 bits per heavy atom. The normalized spacial score (nSPS) is 7.50. The van der Waals surface area contributed by atoms with Crippen LogP contribution in [0.5, 0.6) is 0 Å². The molecule has 0 bridgehead atoms. The van der Waals surface area contributed by atoms with E-state index in [-0.39, 0.29) is 30.6 Å². The minimum absolute atomic E-state index is 0. The number of carbonyl (C=O) groups is 1. The molecule has 0 saturated heterocycles. The van der Waals surface area contributed by atoms with Crippen molar-refractivity contribution in [2.75, 3.05) is 0 Å². The van der Waals surface area contributed by atoms with Gasteiger partial charge in [-0.15, -0.1) is 24.8 Å². The highest BCUT2D eigenvalue weighted by atomic mass is 35.5. The Balaban J connectivity index is 0. The summed E-state index contributed by atoms with van der Waals surface area (Å²) >= 11 is 4.43. The molecular formula is C9H9Cl2NOS. The van der Waals surface area contributed by atoms with Gasteiger partial charge in [0.15, 0.2) is 5.78 Å². The molecule has 2 nitrogen and oxygen atoms in total. The van der Waals surface area contributed by atoms with E-state index in [1.165, 1.54) is 6.92 Å². The average molecular weight is 250 g/mol. The zero-order chi connectivity index (χ0) is 8.97. The lowest BCUT2D eigenvalue weighted by atomic mass is 10.1. The Morgan fingerprint density at radius 2 is 1.79 bits per heavy atom. The monoisotopic (exact) mass is 249 g/mol. The molecular weight excluding hydrogens is 241 g/mol. The van der Waals surface area contributed by atoms with E-state index in [1.54, 1.807) is 24.3 Å². The third kappa shape index (κ3) is 4.49. The zero-order valence-electron chi connectivity index (χ0n) is 7.39. The van der Waals surface area contributed by atoms with Gasteiger partial charge in [-0.1, -0.05) is 0 Å². The van der Waals surface area contributed by atoms with Gasteiger partial charge in [0.2, 0.25) is 0 Å². The lowest BCUT2D eigenvalue weighted by Crippen LogP contribution is -1.89. The average Bonchev–Trinajstić information content (AvgIpc) is 2.06. The van der Waals surface area contributed by atoms with Crippen molar-refractivity contribution in [3.63, 3.8) is 0 Å². The van der Waals surface area contributed by atoms with Crippen LogP contribution >= 0.6 is 37.0 Å². The number of ketones is 1. The van der Waals surface area contributed by atoms with Gasteiger partial charge >= 0.3 is 0 Å². The molecule has 14 heavy (non-hydrogen) atoms. The number of carbonyl (C=O) groups excluding carboxylic acids is 1. The number of hydrogen-bond donors (Lipinski definition) is 0. The standard InChI is InChI=1S/C9H7NOS.2ClH/c1-7(11)8-2-4-9(5-3-8)10-6-12;;/h2-5H,1H3;2*1H. The molecule has 0 fully saturated rings. The molecule has 0 radical (unpaired) electrons. The van der Waals surface area contributed by atoms with Crippen molar-refractivity contribution in [3.8, 4) is 0 Å². The van der Waals surface area contributed by atoms with E-state index in [1.807, 2.05) is 0 Å². The van der Waals surface area contributed by atoms with Gasteiger partial charge in [0, 0.05) is 5.56 Å². The van der Waals surface area contributed by atoms with Crippen molar-refractivity contribution < 1.29 is 4.79 Å². The topological polar surface area (TPSA) is 29.4 Å². The number of nitrogens with zero attached hydrogens (tertiary/aromatic N) is 1. The largest absolute Gasteiger partial charge is 0.295 e. The first kappa shape index (κ1) is 15.7. The SMILES string of the molecule is CC(=O)c1ccc(N=C=S)cc1.Cl.Cl. The maximum absolute atomic E-state index is 10.8. The van der Waals surface area contributed by atoms with Crippen LogP contribution in [0.1, 0.15) is 17.3 Å². The van der Waals surface area contributed by atoms with Gasteiger partial charge in [-0.2, -0.15) is 4.99 Å². The van der Waals surface area contributed by atoms with Gasteiger partial charge in [-0.05, 0) is 43.4 Å². The molecule has 5 heteroatoms. The predicted molar refractivity (Wildman–Crippen MR) is 65.6 cm³/mol. The van der Waals surface area contributed by atoms with Crippen LogP contribution in [0.2, 0.25) is 0 Å². The Kier molecular flexibility index (Phi) is 8.60. The Labute approximate surface area is 100 Å². The van der Waals surface area contributed by atoms with E-state index >= 15 is 0 Å². The number of thiocarbonyl (C=S) groups is 1. The van der Waals surface area contributed by atoms with Gasteiger partial charge in [0.1, 0.15) is 0 Å². The van der Waals surface area contributed by atoms with Crippen molar-refractivity contribution in [2.24, 2.45) is 4.99 Å². The van der Waals surface area contributed by atoms with Crippen LogP contribution in [-0.2, 0) is 0 Å². The molecule has 0 saturated carbocycles. The minimum atomic E-state index is 0. The number of benzene rings is 1. The van der Waals surface area contributed by atoms with Crippen molar-refractivity contribution in [1.82, 2.24) is 0 Å². The summed E-state index contributed by atoms with van der Waals surface area (Å²) in [5, 5.41) is 2.26. The van der Waals surface area contributed by atoms with Crippen LogP contribution < -0.4 is 0 Å². The third-order valence-electron chi connectivity index (χ3n) is 1.45. The summed E-state index contributed by atoms with van der Waals surface area (Å²) in [6.45, 7) is 1.53. The summed E-state index contributed by atoms with van der Waals surface area (Å²) in [5.74, 6) is 0.0490. The fraction of sp³-hybridized carbons (Fsp3) is 0.111. The fourth-order valence-electron chi connectivity index (χ4n) is 0.823. The highest BCUT2D eigenvalue weighted by molar-refractivity contribution is 7.78. The second-order valence-corrected chi connectivity index (χ2v) is 2.49. The maximum Gasteiger partial charge on any atom is 0.159 e. The number of isothiocyanates is 1. The van der Waals surface area contributed by atoms with Crippen molar-refractivity contribution in [2.45, 2.75) is 6.92 Å². The molecule has 1 aromatic carbocycles. The van der Waals surface area contributed by atoms with E-state index in [9.17, 15) is 4.79 Å². The number of Topliss-reactive ketones (excluding diaryl/α,β-unsaturated/α-hetero) is 1. The Bertz CT molecular complexity index is 323. The lowest BCUT2D eigenvalue weighted by molar-refractivity contribution is 0.101. The second kappa shape index (κ2) is 7.65. The predicted octanol–water partition coefficient (Wildman–Crippen LogP) is 3.47. The molecule has 0 spiro atoms. The molecule has 0 unspecified atom stereocenters.